The zero-order valence-electron chi connectivity index (χ0n) is 22.0. The van der Waals surface area contributed by atoms with E-state index < -0.39 is 11.7 Å². The highest BCUT2D eigenvalue weighted by Crippen LogP contribution is 2.36. The molecule has 10 heteroatoms. The van der Waals surface area contributed by atoms with Gasteiger partial charge in [0, 0.05) is 57.1 Å². The molecule has 3 aromatic rings. The van der Waals surface area contributed by atoms with Gasteiger partial charge >= 0.3 is 0 Å². The van der Waals surface area contributed by atoms with Crippen LogP contribution in [0, 0.1) is 5.82 Å². The van der Waals surface area contributed by atoms with Crippen LogP contribution in [0.1, 0.15) is 37.0 Å². The Kier molecular flexibility index (Phi) is 7.30. The monoisotopic (exact) mass is 510 g/mol. The van der Waals surface area contributed by atoms with E-state index in [0.717, 1.165) is 43.9 Å². The molecule has 0 bridgehead atoms. The van der Waals surface area contributed by atoms with Crippen molar-refractivity contribution in [2.24, 2.45) is 0 Å². The summed E-state index contributed by atoms with van der Waals surface area (Å²) in [5.41, 5.74) is 1.33. The van der Waals surface area contributed by atoms with Crippen LogP contribution < -0.4 is 15.0 Å². The maximum Gasteiger partial charge on any atom is 0.254 e. The first-order chi connectivity index (χ1) is 17.9. The lowest BCUT2D eigenvalue weighted by Crippen LogP contribution is -2.38. The Morgan fingerprint density at radius 2 is 1.92 bits per heavy atom. The maximum atomic E-state index is 15.6. The molecule has 0 saturated carbocycles. The van der Waals surface area contributed by atoms with E-state index in [-0.39, 0.29) is 11.1 Å². The lowest BCUT2D eigenvalue weighted by atomic mass is 10.1. The summed E-state index contributed by atoms with van der Waals surface area (Å²) in [4.78, 5) is 26.6. The summed E-state index contributed by atoms with van der Waals surface area (Å²) in [7, 11) is 2.99. The third kappa shape index (κ3) is 4.75. The van der Waals surface area contributed by atoms with Crippen molar-refractivity contribution in [1.82, 2.24) is 24.8 Å². The number of fused-ring (bicyclic) bond motifs is 1. The van der Waals surface area contributed by atoms with E-state index in [0.29, 0.717) is 48.9 Å². The van der Waals surface area contributed by atoms with Crippen molar-refractivity contribution in [1.29, 1.82) is 0 Å². The molecule has 4 heterocycles. The van der Waals surface area contributed by atoms with Crippen molar-refractivity contribution in [3.63, 3.8) is 0 Å². The number of hydrogen-bond donors (Lipinski definition) is 1. The Bertz CT molecular complexity index is 1260. The molecule has 2 aliphatic heterocycles. The molecule has 198 valence electrons. The van der Waals surface area contributed by atoms with Gasteiger partial charge in [0.25, 0.3) is 5.91 Å². The first kappa shape index (κ1) is 25.4. The zero-order valence-corrected chi connectivity index (χ0v) is 22.0. The number of morpholine rings is 1. The third-order valence-corrected chi connectivity index (χ3v) is 7.58. The van der Waals surface area contributed by atoms with Crippen LogP contribution in [0.15, 0.2) is 24.4 Å². The van der Waals surface area contributed by atoms with E-state index >= 15 is 4.39 Å². The minimum Gasteiger partial charge on any atom is -0.494 e. The molecule has 37 heavy (non-hydrogen) atoms. The summed E-state index contributed by atoms with van der Waals surface area (Å²) in [6.45, 7) is 8.86. The summed E-state index contributed by atoms with van der Waals surface area (Å²) in [6, 6.07) is 6.34. The fourth-order valence-electron chi connectivity index (χ4n) is 5.52. The highest BCUT2D eigenvalue weighted by atomic mass is 19.1. The van der Waals surface area contributed by atoms with Crippen LogP contribution in [-0.4, -0.2) is 84.4 Å². The Morgan fingerprint density at radius 3 is 2.54 bits per heavy atom. The number of hydrogen-bond acceptors (Lipinski definition) is 7. The van der Waals surface area contributed by atoms with Crippen LogP contribution in [-0.2, 0) is 11.3 Å². The molecule has 2 aromatic heterocycles. The van der Waals surface area contributed by atoms with Gasteiger partial charge in [0.15, 0.2) is 5.82 Å². The number of aromatic nitrogens is 3. The number of halogens is 1. The Hall–Kier alpha value is -3.24. The van der Waals surface area contributed by atoms with E-state index in [4.69, 9.17) is 19.4 Å². The number of rotatable bonds is 7. The number of methoxy groups -OCH3 is 1. The van der Waals surface area contributed by atoms with Crippen molar-refractivity contribution < 1.29 is 18.7 Å². The highest BCUT2D eigenvalue weighted by Gasteiger charge is 2.29. The number of benzene rings is 1. The van der Waals surface area contributed by atoms with E-state index in [1.807, 2.05) is 22.9 Å². The van der Waals surface area contributed by atoms with Crippen LogP contribution in [0.25, 0.3) is 22.4 Å². The number of nitrogens with one attached hydrogen (secondary N) is 1. The summed E-state index contributed by atoms with van der Waals surface area (Å²) in [5, 5.41) is 2.50. The fraction of sp³-hybridized carbons (Fsp3) is 0.519. The number of nitrogens with zero attached hydrogens (tertiary/aromatic N) is 5. The lowest BCUT2D eigenvalue weighted by Gasteiger charge is -2.27. The SMILES string of the molecule is CNC(=O)c1cc(OC)c2c(nc(-c3ccc(N4[C@@H](C)CC[C@@H]4C)nc3)n2CCN2CCOCC2)c1F. The van der Waals surface area contributed by atoms with Crippen LogP contribution in [0.4, 0.5) is 10.2 Å². The van der Waals surface area contributed by atoms with Crippen LogP contribution >= 0.6 is 0 Å². The quantitative estimate of drug-likeness (QED) is 0.522. The summed E-state index contributed by atoms with van der Waals surface area (Å²) in [5.74, 6) is 0.742. The van der Waals surface area contributed by atoms with E-state index in [9.17, 15) is 4.79 Å². The Balaban J connectivity index is 1.60. The third-order valence-electron chi connectivity index (χ3n) is 7.58. The Labute approximate surface area is 216 Å². The average molecular weight is 511 g/mol. The average Bonchev–Trinajstić information content (AvgIpc) is 3.48. The molecular formula is C27H35FN6O3. The van der Waals surface area contributed by atoms with Gasteiger partial charge in [-0.1, -0.05) is 0 Å². The molecule has 0 aliphatic carbocycles. The minimum atomic E-state index is -0.661. The molecule has 0 unspecified atom stereocenters. The first-order valence-electron chi connectivity index (χ1n) is 13.0. The van der Waals surface area contributed by atoms with Gasteiger partial charge in [0.1, 0.15) is 28.4 Å². The fourth-order valence-corrected chi connectivity index (χ4v) is 5.52. The second kappa shape index (κ2) is 10.6. The van der Waals surface area contributed by atoms with Crippen LogP contribution in [0.2, 0.25) is 0 Å². The molecular weight excluding hydrogens is 475 g/mol. The normalized spacial score (nSPS) is 20.5. The van der Waals surface area contributed by atoms with Gasteiger partial charge in [0.05, 0.1) is 25.9 Å². The summed E-state index contributed by atoms with van der Waals surface area (Å²) < 4.78 is 28.8. The number of carbonyl (C=O) groups is 1. The molecule has 2 fully saturated rings. The number of pyridine rings is 1. The van der Waals surface area contributed by atoms with E-state index in [1.165, 1.54) is 20.2 Å². The minimum absolute atomic E-state index is 0.0956. The van der Waals surface area contributed by atoms with Gasteiger partial charge in [-0.15, -0.1) is 0 Å². The van der Waals surface area contributed by atoms with Gasteiger partial charge in [-0.3, -0.25) is 9.69 Å². The highest BCUT2D eigenvalue weighted by molar-refractivity contribution is 6.00. The number of imidazole rings is 1. The maximum absolute atomic E-state index is 15.6. The second-order valence-electron chi connectivity index (χ2n) is 9.85. The predicted octanol–water partition coefficient (Wildman–Crippen LogP) is 3.32. The van der Waals surface area contributed by atoms with Gasteiger partial charge in [-0.2, -0.15) is 0 Å². The standard InChI is InChI=1S/C27H35FN6O3/c1-17-5-6-18(2)34(17)22-8-7-19(16-30-22)26-31-24-23(28)20(27(35)29-3)15-21(36-4)25(24)33(26)10-9-32-11-13-37-14-12-32/h7-8,15-18H,5-6,9-14H2,1-4H3,(H,29,35)/t17-,18-/m0/s1. The summed E-state index contributed by atoms with van der Waals surface area (Å²) in [6.07, 6.45) is 4.10. The molecule has 5 rings (SSSR count). The number of carbonyl (C=O) groups excluding carboxylic acids is 1. The molecule has 1 aromatic carbocycles. The predicted molar refractivity (Wildman–Crippen MR) is 141 cm³/mol. The van der Waals surface area contributed by atoms with Crippen LogP contribution in [0.3, 0.4) is 0 Å². The molecule has 0 spiro atoms. The van der Waals surface area contributed by atoms with Gasteiger partial charge in [-0.25, -0.2) is 14.4 Å². The Morgan fingerprint density at radius 1 is 1.19 bits per heavy atom. The molecule has 0 radical (unpaired) electrons. The first-order valence-corrected chi connectivity index (χ1v) is 13.0. The van der Waals surface area contributed by atoms with Crippen molar-refractivity contribution >= 4 is 22.8 Å². The molecule has 2 atom stereocenters. The van der Waals surface area contributed by atoms with Crippen molar-refractivity contribution in [3.8, 4) is 17.1 Å². The van der Waals surface area contributed by atoms with E-state index in [1.54, 1.807) is 0 Å². The van der Waals surface area contributed by atoms with E-state index in [2.05, 4.69) is 29.0 Å². The molecule has 9 nitrogen and oxygen atoms in total. The topological polar surface area (TPSA) is 84.8 Å². The van der Waals surface area contributed by atoms with Gasteiger partial charge in [-0.05, 0) is 44.9 Å². The zero-order chi connectivity index (χ0) is 26.1. The second-order valence-corrected chi connectivity index (χ2v) is 9.85. The van der Waals surface area contributed by atoms with Crippen LogP contribution in [0.5, 0.6) is 5.75 Å². The summed E-state index contributed by atoms with van der Waals surface area (Å²) >= 11 is 0. The van der Waals surface area contributed by atoms with Crippen molar-refractivity contribution in [3.05, 3.63) is 35.8 Å². The number of anilines is 1. The molecule has 1 amide bonds. The number of ether oxygens (including phenoxy) is 2. The molecule has 2 saturated heterocycles. The van der Waals surface area contributed by atoms with Gasteiger partial charge < -0.3 is 24.3 Å². The smallest absolute Gasteiger partial charge is 0.254 e. The largest absolute Gasteiger partial charge is 0.494 e. The van der Waals surface area contributed by atoms with Gasteiger partial charge in [0.2, 0.25) is 0 Å². The number of amides is 1. The van der Waals surface area contributed by atoms with Crippen molar-refractivity contribution in [2.45, 2.75) is 45.3 Å². The molecule has 1 N–H and O–H groups in total. The molecule has 2 aliphatic rings. The lowest BCUT2D eigenvalue weighted by molar-refractivity contribution is 0.0365. The van der Waals surface area contributed by atoms with Crippen molar-refractivity contribution in [2.75, 3.05) is 51.9 Å².